The monoisotopic (exact) mass is 791 g/mol. The molecule has 1 aliphatic heterocycles. The molecule has 0 saturated carbocycles. The van der Waals surface area contributed by atoms with Crippen LogP contribution in [0.3, 0.4) is 0 Å². The second-order valence-electron chi connectivity index (χ2n) is 15.2. The van der Waals surface area contributed by atoms with Gasteiger partial charge in [-0.1, -0.05) is 130 Å². The average molecular weight is 792 g/mol. The molecule has 57 heavy (non-hydrogen) atoms. The lowest BCUT2D eigenvalue weighted by molar-refractivity contribution is -0.198. The highest BCUT2D eigenvalue weighted by molar-refractivity contribution is 6.99. The van der Waals surface area contributed by atoms with E-state index in [4.69, 9.17) is 18.7 Å². The number of rotatable bonds is 16. The van der Waals surface area contributed by atoms with E-state index in [9.17, 15) is 24.0 Å². The Balaban J connectivity index is 1.07. The van der Waals surface area contributed by atoms with E-state index in [2.05, 4.69) is 62.5 Å². The van der Waals surface area contributed by atoms with Crippen LogP contribution in [0.1, 0.15) is 57.6 Å². The van der Waals surface area contributed by atoms with Gasteiger partial charge in [-0.25, -0.2) is 14.4 Å². The molecule has 0 radical (unpaired) electrons. The van der Waals surface area contributed by atoms with Crippen LogP contribution in [0.2, 0.25) is 5.04 Å². The van der Waals surface area contributed by atoms with Gasteiger partial charge in [-0.15, -0.1) is 5.06 Å². The number of fused-ring (bicyclic) bond motifs is 3. The Morgan fingerprint density at radius 1 is 0.754 bits per heavy atom. The molecule has 4 aromatic carbocycles. The Kier molecular flexibility index (Phi) is 13.0. The molecule has 4 aromatic rings. The van der Waals surface area contributed by atoms with Gasteiger partial charge in [0.2, 0.25) is 0 Å². The lowest BCUT2D eigenvalue weighted by Gasteiger charge is -2.43. The van der Waals surface area contributed by atoms with Crippen LogP contribution in [0.5, 0.6) is 0 Å². The molecule has 1 heterocycles. The zero-order chi connectivity index (χ0) is 40.6. The fraction of sp³-hybridized carbons (Fsp3) is 0.341. The van der Waals surface area contributed by atoms with Gasteiger partial charge in [0, 0.05) is 38.5 Å². The molecule has 3 amide bonds. The molecule has 0 bridgehead atoms. The van der Waals surface area contributed by atoms with Crippen molar-refractivity contribution in [3.63, 3.8) is 0 Å². The number of benzene rings is 4. The van der Waals surface area contributed by atoms with Crippen molar-refractivity contribution in [2.45, 2.75) is 57.5 Å². The number of nitrogens with zero attached hydrogens (tertiary/aromatic N) is 2. The molecule has 2 aliphatic rings. The number of ether oxygens (including phenoxy) is 2. The Morgan fingerprint density at radius 3 is 1.81 bits per heavy atom. The van der Waals surface area contributed by atoms with Crippen LogP contribution in [0.25, 0.3) is 11.1 Å². The van der Waals surface area contributed by atoms with Crippen molar-refractivity contribution in [1.29, 1.82) is 0 Å². The molecule has 0 unspecified atom stereocenters. The molecule has 1 aliphatic carbocycles. The summed E-state index contributed by atoms with van der Waals surface area (Å²) >= 11 is 0. The third-order valence-electron chi connectivity index (χ3n) is 10.4. The van der Waals surface area contributed by atoms with Crippen molar-refractivity contribution in [3.8, 4) is 11.1 Å². The maximum Gasteiger partial charge on any atom is 0.407 e. The first-order valence-corrected chi connectivity index (χ1v) is 21.1. The van der Waals surface area contributed by atoms with E-state index in [0.29, 0.717) is 5.06 Å². The highest BCUT2D eigenvalue weighted by Crippen LogP contribution is 2.44. The zero-order valence-electron chi connectivity index (χ0n) is 32.8. The highest BCUT2D eigenvalue weighted by atomic mass is 28.4. The normalized spacial score (nSPS) is 14.6. The fourth-order valence-electron chi connectivity index (χ4n) is 7.61. The summed E-state index contributed by atoms with van der Waals surface area (Å²) in [6, 6.07) is 35.3. The number of hydrogen-bond acceptors (Lipinski definition) is 10. The van der Waals surface area contributed by atoms with E-state index in [0.717, 1.165) is 32.6 Å². The van der Waals surface area contributed by atoms with Gasteiger partial charge in [-0.2, -0.15) is 0 Å². The zero-order valence-corrected chi connectivity index (χ0v) is 33.8. The molecule has 1 N–H and O–H groups in total. The fourth-order valence-corrected chi connectivity index (χ4v) is 12.2. The molecular weight excluding hydrogens is 743 g/mol. The van der Waals surface area contributed by atoms with Crippen molar-refractivity contribution < 1.29 is 42.7 Å². The summed E-state index contributed by atoms with van der Waals surface area (Å²) in [6.45, 7) is 8.15. The van der Waals surface area contributed by atoms with Crippen LogP contribution in [0.15, 0.2) is 109 Å². The summed E-state index contributed by atoms with van der Waals surface area (Å²) < 4.78 is 18.1. The van der Waals surface area contributed by atoms with E-state index >= 15 is 0 Å². The van der Waals surface area contributed by atoms with Crippen LogP contribution in [-0.4, -0.2) is 93.6 Å². The number of esters is 1. The van der Waals surface area contributed by atoms with Crippen LogP contribution < -0.4 is 15.7 Å². The molecule has 298 valence electrons. The predicted octanol–water partition coefficient (Wildman–Crippen LogP) is 4.94. The molecule has 0 aromatic heterocycles. The highest BCUT2D eigenvalue weighted by Gasteiger charge is 2.50. The lowest BCUT2D eigenvalue weighted by Crippen LogP contribution is -2.67. The molecule has 13 heteroatoms. The quantitative estimate of drug-likeness (QED) is 0.0943. The number of hydroxylamine groups is 2. The summed E-state index contributed by atoms with van der Waals surface area (Å²) in [5.41, 5.74) is 4.36. The smallest absolute Gasteiger partial charge is 0.407 e. The van der Waals surface area contributed by atoms with Crippen molar-refractivity contribution in [1.82, 2.24) is 15.3 Å². The third-order valence-corrected chi connectivity index (χ3v) is 15.4. The van der Waals surface area contributed by atoms with E-state index < -0.39 is 44.2 Å². The van der Waals surface area contributed by atoms with Gasteiger partial charge in [0.1, 0.15) is 19.3 Å². The first kappa shape index (κ1) is 41.0. The van der Waals surface area contributed by atoms with Crippen molar-refractivity contribution >= 4 is 48.5 Å². The minimum absolute atomic E-state index is 0.0274. The number of nitrogens with one attached hydrogen (secondary N) is 1. The van der Waals surface area contributed by atoms with Crippen LogP contribution in [0, 0.1) is 0 Å². The Labute approximate surface area is 334 Å². The Morgan fingerprint density at radius 2 is 1.26 bits per heavy atom. The molecule has 1 atom stereocenters. The van der Waals surface area contributed by atoms with Gasteiger partial charge in [-0.05, 0) is 44.6 Å². The van der Waals surface area contributed by atoms with Gasteiger partial charge in [0.25, 0.3) is 20.1 Å². The largest absolute Gasteiger partial charge is 0.463 e. The van der Waals surface area contributed by atoms with E-state index in [1.54, 1.807) is 4.90 Å². The minimum atomic E-state index is -2.91. The number of hydrogen-bond donors (Lipinski definition) is 1. The van der Waals surface area contributed by atoms with Crippen LogP contribution in [0.4, 0.5) is 4.79 Å². The van der Waals surface area contributed by atoms with E-state index in [-0.39, 0.29) is 63.3 Å². The first-order chi connectivity index (χ1) is 27.4. The standard InChI is InChI=1S/C44H49N3O9Si/c1-31(45-43(52)54-30-38-36-21-13-11-19-34(36)35-20-12-14-22-37(35)38)42(51)53-27-25-46(29-41(50)56-47-39(48)23-24-40(47)49)26-28-55-57(44(2,3)4,32-15-7-5-8-16-32)33-17-9-6-10-18-33/h5-22,31,38H,23-30H2,1-4H3,(H,45,52)/t31-/m0/s1. The Hall–Kier alpha value is -5.63. The number of carbonyl (C=O) groups excluding carboxylic acids is 5. The van der Waals surface area contributed by atoms with E-state index in [1.165, 1.54) is 6.92 Å². The van der Waals surface area contributed by atoms with Crippen LogP contribution in [-0.2, 0) is 37.9 Å². The summed E-state index contributed by atoms with van der Waals surface area (Å²) in [5.74, 6) is -2.81. The Bertz CT molecular complexity index is 1970. The van der Waals surface area contributed by atoms with E-state index in [1.807, 2.05) is 72.8 Å². The SMILES string of the molecule is C[C@H](NC(=O)OCC1c2ccccc2-c2ccccc21)C(=O)OCCN(CCO[Si](c1ccccc1)(c1ccccc1)C(C)(C)C)CC(=O)ON1C(=O)CCC1=O. The first-order valence-electron chi connectivity index (χ1n) is 19.2. The number of alkyl carbamates (subject to hydrolysis) is 1. The molecular formula is C44H49N3O9Si. The topological polar surface area (TPSA) is 141 Å². The summed E-state index contributed by atoms with van der Waals surface area (Å²) in [4.78, 5) is 70.1. The predicted molar refractivity (Wildman–Crippen MR) is 216 cm³/mol. The van der Waals surface area contributed by atoms with Gasteiger partial charge < -0.3 is 24.1 Å². The molecule has 1 saturated heterocycles. The molecule has 6 rings (SSSR count). The number of carbonyl (C=O) groups is 5. The van der Waals surface area contributed by atoms with Crippen LogP contribution >= 0.6 is 0 Å². The molecule has 1 fully saturated rings. The second kappa shape index (κ2) is 18.1. The number of imide groups is 1. The summed E-state index contributed by atoms with van der Waals surface area (Å²) in [6.07, 6.45) is -0.807. The average Bonchev–Trinajstić information content (AvgIpc) is 3.70. The lowest BCUT2D eigenvalue weighted by atomic mass is 9.98. The second-order valence-corrected chi connectivity index (χ2v) is 19.5. The van der Waals surface area contributed by atoms with Gasteiger partial charge in [-0.3, -0.25) is 14.5 Å². The van der Waals surface area contributed by atoms with Gasteiger partial charge >= 0.3 is 18.0 Å². The summed E-state index contributed by atoms with van der Waals surface area (Å²) in [5, 5.41) is 4.96. The summed E-state index contributed by atoms with van der Waals surface area (Å²) in [7, 11) is -2.91. The molecule has 0 spiro atoms. The maximum atomic E-state index is 13.1. The van der Waals surface area contributed by atoms with Gasteiger partial charge in [0.05, 0.1) is 6.54 Å². The van der Waals surface area contributed by atoms with Crippen molar-refractivity contribution in [3.05, 3.63) is 120 Å². The minimum Gasteiger partial charge on any atom is -0.463 e. The third kappa shape index (κ3) is 9.33. The number of amides is 3. The van der Waals surface area contributed by atoms with Crippen molar-refractivity contribution in [2.24, 2.45) is 0 Å². The van der Waals surface area contributed by atoms with Crippen molar-refractivity contribution in [2.75, 3.05) is 39.5 Å². The maximum absolute atomic E-state index is 13.1. The van der Waals surface area contributed by atoms with Gasteiger partial charge in [0.15, 0.2) is 0 Å². The molecule has 12 nitrogen and oxygen atoms in total.